The number of rotatable bonds is 9. The normalized spacial score (nSPS) is 15.5. The number of ether oxygens (including phenoxy) is 3. The molecule has 1 atom stereocenters. The van der Waals surface area contributed by atoms with Gasteiger partial charge < -0.3 is 19.5 Å². The van der Waals surface area contributed by atoms with E-state index < -0.39 is 0 Å². The van der Waals surface area contributed by atoms with Crippen LogP contribution in [0.15, 0.2) is 42.5 Å². The molecule has 1 aliphatic rings. The molecule has 8 heteroatoms. The zero-order valence-electron chi connectivity index (χ0n) is 19.8. The van der Waals surface area contributed by atoms with Crippen LogP contribution in [0.5, 0.6) is 11.5 Å². The van der Waals surface area contributed by atoms with Crippen molar-refractivity contribution in [1.29, 1.82) is 0 Å². The summed E-state index contributed by atoms with van der Waals surface area (Å²) in [6, 6.07) is 12.7. The van der Waals surface area contributed by atoms with E-state index in [4.69, 9.17) is 14.2 Å². The number of hydrogen-bond donors (Lipinski definition) is 1. The van der Waals surface area contributed by atoms with Crippen LogP contribution in [0.2, 0.25) is 0 Å². The fraction of sp³-hybridized carbons (Fsp3) is 0.440. The van der Waals surface area contributed by atoms with Crippen molar-refractivity contribution in [2.75, 3.05) is 47.5 Å². The highest BCUT2D eigenvalue weighted by Gasteiger charge is 2.26. The Bertz CT molecular complexity index is 940. The Morgan fingerprint density at radius 1 is 0.970 bits per heavy atom. The number of benzene rings is 2. The van der Waals surface area contributed by atoms with Crippen molar-refractivity contribution >= 4 is 11.9 Å². The summed E-state index contributed by atoms with van der Waals surface area (Å²) in [6.07, 6.45) is 0. The summed E-state index contributed by atoms with van der Waals surface area (Å²) >= 11 is 0. The number of amides is 1. The molecular weight excluding hydrogens is 422 g/mol. The van der Waals surface area contributed by atoms with Crippen molar-refractivity contribution in [3.63, 3.8) is 0 Å². The summed E-state index contributed by atoms with van der Waals surface area (Å²) in [5.74, 6) is 1.29. The van der Waals surface area contributed by atoms with Crippen molar-refractivity contribution in [1.82, 2.24) is 15.1 Å². The molecule has 8 nitrogen and oxygen atoms in total. The molecule has 0 bridgehead atoms. The molecule has 1 amide bonds. The molecule has 1 aliphatic heterocycles. The van der Waals surface area contributed by atoms with Crippen LogP contribution in [0.3, 0.4) is 0 Å². The lowest BCUT2D eigenvalue weighted by Gasteiger charge is -2.37. The van der Waals surface area contributed by atoms with Crippen LogP contribution in [0.4, 0.5) is 0 Å². The van der Waals surface area contributed by atoms with Gasteiger partial charge in [-0.2, -0.15) is 0 Å². The van der Waals surface area contributed by atoms with E-state index in [1.807, 2.05) is 37.3 Å². The van der Waals surface area contributed by atoms with E-state index in [-0.39, 0.29) is 17.9 Å². The van der Waals surface area contributed by atoms with Crippen LogP contribution in [0.25, 0.3) is 0 Å². The van der Waals surface area contributed by atoms with Crippen LogP contribution in [0.1, 0.15) is 28.4 Å². The summed E-state index contributed by atoms with van der Waals surface area (Å²) in [5.41, 5.74) is 2.51. The first-order valence-corrected chi connectivity index (χ1v) is 11.1. The monoisotopic (exact) mass is 455 g/mol. The molecule has 3 rings (SSSR count). The number of hydrogen-bond acceptors (Lipinski definition) is 7. The van der Waals surface area contributed by atoms with E-state index in [2.05, 4.69) is 15.1 Å². The second kappa shape index (κ2) is 11.7. The van der Waals surface area contributed by atoms with Gasteiger partial charge in [-0.05, 0) is 42.8 Å². The zero-order chi connectivity index (χ0) is 23.8. The summed E-state index contributed by atoms with van der Waals surface area (Å²) in [6.45, 7) is 6.50. The highest BCUT2D eigenvalue weighted by molar-refractivity contribution is 5.89. The lowest BCUT2D eigenvalue weighted by molar-refractivity contribution is -0.126. The van der Waals surface area contributed by atoms with Gasteiger partial charge in [-0.3, -0.25) is 14.6 Å². The fourth-order valence-electron chi connectivity index (χ4n) is 3.93. The van der Waals surface area contributed by atoms with Gasteiger partial charge in [-0.25, -0.2) is 4.79 Å². The number of piperazine rings is 1. The van der Waals surface area contributed by atoms with Gasteiger partial charge >= 0.3 is 5.97 Å². The molecular formula is C25H33N3O5. The van der Waals surface area contributed by atoms with E-state index in [0.717, 1.165) is 55.3 Å². The third kappa shape index (κ3) is 6.46. The molecule has 33 heavy (non-hydrogen) atoms. The van der Waals surface area contributed by atoms with E-state index in [1.54, 1.807) is 26.4 Å². The molecule has 0 aromatic heterocycles. The van der Waals surface area contributed by atoms with Gasteiger partial charge in [-0.1, -0.05) is 12.1 Å². The van der Waals surface area contributed by atoms with Gasteiger partial charge in [0.25, 0.3) is 0 Å². The Hall–Kier alpha value is -3.10. The number of nitrogens with zero attached hydrogens (tertiary/aromatic N) is 2. The van der Waals surface area contributed by atoms with Crippen LogP contribution in [-0.2, 0) is 22.6 Å². The Morgan fingerprint density at radius 3 is 2.27 bits per heavy atom. The van der Waals surface area contributed by atoms with Gasteiger partial charge in [0.15, 0.2) is 0 Å². The molecule has 2 aromatic rings. The highest BCUT2D eigenvalue weighted by Crippen LogP contribution is 2.25. The minimum absolute atomic E-state index is 0.00467. The van der Waals surface area contributed by atoms with E-state index in [0.29, 0.717) is 12.1 Å². The number of carbonyl (C=O) groups is 2. The minimum atomic E-state index is -0.372. The topological polar surface area (TPSA) is 80.3 Å². The molecule has 2 aromatic carbocycles. The van der Waals surface area contributed by atoms with Crippen molar-refractivity contribution in [2.45, 2.75) is 26.1 Å². The van der Waals surface area contributed by atoms with Gasteiger partial charge in [0.1, 0.15) is 11.5 Å². The first-order valence-electron chi connectivity index (χ1n) is 11.1. The standard InChI is InChI=1S/C25H33N3O5/c1-18(24(29)26-16-19-5-7-20(8-6-19)25(30)33-4)28-13-11-27(12-14-28)17-21-15-22(31-2)9-10-23(21)32-3/h5-10,15,18H,11-14,16-17H2,1-4H3,(H,26,29). The summed E-state index contributed by atoms with van der Waals surface area (Å²) in [4.78, 5) is 28.8. The SMILES string of the molecule is COC(=O)c1ccc(CNC(=O)C(C)N2CCN(Cc3cc(OC)ccc3OC)CC2)cc1. The molecule has 1 unspecified atom stereocenters. The number of carbonyl (C=O) groups excluding carboxylic acids is 2. The van der Waals surface area contributed by atoms with Gasteiger partial charge in [0.05, 0.1) is 32.9 Å². The zero-order valence-corrected chi connectivity index (χ0v) is 19.8. The predicted octanol–water partition coefficient (Wildman–Crippen LogP) is 2.31. The van der Waals surface area contributed by atoms with Gasteiger partial charge in [-0.15, -0.1) is 0 Å². The fourth-order valence-corrected chi connectivity index (χ4v) is 3.93. The first kappa shape index (κ1) is 24.5. The second-order valence-corrected chi connectivity index (χ2v) is 8.07. The van der Waals surface area contributed by atoms with E-state index in [1.165, 1.54) is 7.11 Å². The highest BCUT2D eigenvalue weighted by atomic mass is 16.5. The number of methoxy groups -OCH3 is 3. The average Bonchev–Trinajstić information content (AvgIpc) is 2.87. The maximum absolute atomic E-state index is 12.7. The first-order chi connectivity index (χ1) is 15.9. The smallest absolute Gasteiger partial charge is 0.337 e. The van der Waals surface area contributed by atoms with Crippen LogP contribution >= 0.6 is 0 Å². The molecule has 0 radical (unpaired) electrons. The van der Waals surface area contributed by atoms with E-state index >= 15 is 0 Å². The summed E-state index contributed by atoms with van der Waals surface area (Å²) < 4.78 is 15.5. The van der Waals surface area contributed by atoms with Crippen molar-refractivity contribution in [3.05, 3.63) is 59.2 Å². The maximum Gasteiger partial charge on any atom is 0.337 e. The quantitative estimate of drug-likeness (QED) is 0.581. The minimum Gasteiger partial charge on any atom is -0.497 e. The van der Waals surface area contributed by atoms with Crippen LogP contribution < -0.4 is 14.8 Å². The maximum atomic E-state index is 12.7. The molecule has 1 heterocycles. The van der Waals surface area contributed by atoms with Crippen molar-refractivity contribution in [3.8, 4) is 11.5 Å². The Morgan fingerprint density at radius 2 is 1.67 bits per heavy atom. The Labute approximate surface area is 195 Å². The van der Waals surface area contributed by atoms with E-state index in [9.17, 15) is 9.59 Å². The van der Waals surface area contributed by atoms with Crippen LogP contribution in [-0.4, -0.2) is 75.2 Å². The molecule has 0 spiro atoms. The Kier molecular flexibility index (Phi) is 8.68. The van der Waals surface area contributed by atoms with Gasteiger partial charge in [0, 0.05) is 44.8 Å². The third-order valence-electron chi connectivity index (χ3n) is 6.06. The molecule has 1 N–H and O–H groups in total. The summed E-state index contributed by atoms with van der Waals surface area (Å²) in [5, 5.41) is 3.00. The van der Waals surface area contributed by atoms with Crippen LogP contribution in [0, 0.1) is 0 Å². The number of esters is 1. The van der Waals surface area contributed by atoms with Gasteiger partial charge in [0.2, 0.25) is 5.91 Å². The molecule has 1 saturated heterocycles. The lowest BCUT2D eigenvalue weighted by Crippen LogP contribution is -2.53. The molecule has 0 saturated carbocycles. The average molecular weight is 456 g/mol. The predicted molar refractivity (Wildman–Crippen MR) is 125 cm³/mol. The second-order valence-electron chi connectivity index (χ2n) is 8.07. The Balaban J connectivity index is 1.47. The van der Waals surface area contributed by atoms with Crippen molar-refractivity contribution < 1.29 is 23.8 Å². The third-order valence-corrected chi connectivity index (χ3v) is 6.06. The number of nitrogens with one attached hydrogen (secondary N) is 1. The molecule has 178 valence electrons. The largest absolute Gasteiger partial charge is 0.497 e. The summed E-state index contributed by atoms with van der Waals surface area (Å²) in [7, 11) is 4.69. The lowest BCUT2D eigenvalue weighted by atomic mass is 10.1. The van der Waals surface area contributed by atoms with Crippen molar-refractivity contribution in [2.24, 2.45) is 0 Å². The molecule has 1 fully saturated rings. The molecule has 0 aliphatic carbocycles.